The van der Waals surface area contributed by atoms with Crippen LogP contribution in [0.1, 0.15) is 27.2 Å². The van der Waals surface area contributed by atoms with E-state index >= 15 is 0 Å². The Morgan fingerprint density at radius 1 is 1.24 bits per heavy atom. The van der Waals surface area contributed by atoms with Gasteiger partial charge in [0.15, 0.2) is 0 Å². The fourth-order valence-corrected chi connectivity index (χ4v) is 2.27. The normalized spacial score (nSPS) is 16.8. The third-order valence-electron chi connectivity index (χ3n) is 3.94. The minimum Gasteiger partial charge on any atom is -0.350 e. The molecular formula is C15H25N5O. The van der Waals surface area contributed by atoms with Gasteiger partial charge >= 0.3 is 0 Å². The molecule has 0 radical (unpaired) electrons. The van der Waals surface area contributed by atoms with E-state index in [0.717, 1.165) is 38.5 Å². The zero-order chi connectivity index (χ0) is 15.3. The summed E-state index contributed by atoms with van der Waals surface area (Å²) in [5, 5.41) is 3.08. The number of hydrogen-bond acceptors (Lipinski definition) is 5. The third-order valence-corrected chi connectivity index (χ3v) is 3.94. The van der Waals surface area contributed by atoms with Crippen molar-refractivity contribution in [3.05, 3.63) is 18.5 Å². The Bertz CT molecular complexity index is 454. The molecule has 1 aliphatic rings. The Labute approximate surface area is 126 Å². The minimum absolute atomic E-state index is 0.103. The van der Waals surface area contributed by atoms with Crippen LogP contribution in [0, 0.1) is 0 Å². The number of nitrogens with one attached hydrogen (secondary N) is 1. The van der Waals surface area contributed by atoms with Crippen LogP contribution in [0.4, 0.5) is 5.95 Å². The Balaban J connectivity index is 1.78. The molecule has 1 aromatic rings. The SMILES string of the molecule is CCC(C)(C)NC(=O)CN1CCN(c2ncccn2)CC1. The van der Waals surface area contributed by atoms with Gasteiger partial charge in [-0.25, -0.2) is 9.97 Å². The average molecular weight is 291 g/mol. The number of piperazine rings is 1. The Hall–Kier alpha value is -1.69. The van der Waals surface area contributed by atoms with Gasteiger partial charge in [0.1, 0.15) is 0 Å². The lowest BCUT2D eigenvalue weighted by Crippen LogP contribution is -2.52. The van der Waals surface area contributed by atoms with Gasteiger partial charge in [-0.05, 0) is 26.3 Å². The van der Waals surface area contributed by atoms with E-state index in [1.54, 1.807) is 12.4 Å². The van der Waals surface area contributed by atoms with Gasteiger partial charge in [-0.3, -0.25) is 9.69 Å². The zero-order valence-electron chi connectivity index (χ0n) is 13.2. The molecule has 1 aromatic heterocycles. The molecule has 1 aliphatic heterocycles. The number of carbonyl (C=O) groups excluding carboxylic acids is 1. The first-order valence-electron chi connectivity index (χ1n) is 7.55. The molecule has 1 N–H and O–H groups in total. The maximum Gasteiger partial charge on any atom is 0.234 e. The van der Waals surface area contributed by atoms with Gasteiger partial charge in [-0.1, -0.05) is 6.92 Å². The van der Waals surface area contributed by atoms with Crippen molar-refractivity contribution in [1.29, 1.82) is 0 Å². The van der Waals surface area contributed by atoms with Crippen molar-refractivity contribution in [2.45, 2.75) is 32.7 Å². The Kier molecular flexibility index (Phi) is 5.12. The van der Waals surface area contributed by atoms with Crippen molar-refractivity contribution >= 4 is 11.9 Å². The summed E-state index contributed by atoms with van der Waals surface area (Å²) >= 11 is 0. The second kappa shape index (κ2) is 6.85. The first-order chi connectivity index (χ1) is 10.00. The molecule has 0 atom stereocenters. The molecule has 1 amide bonds. The van der Waals surface area contributed by atoms with Crippen molar-refractivity contribution in [3.63, 3.8) is 0 Å². The number of hydrogen-bond donors (Lipinski definition) is 1. The number of amides is 1. The molecule has 0 spiro atoms. The molecule has 0 aromatic carbocycles. The van der Waals surface area contributed by atoms with E-state index in [-0.39, 0.29) is 11.4 Å². The lowest BCUT2D eigenvalue weighted by Gasteiger charge is -2.35. The summed E-state index contributed by atoms with van der Waals surface area (Å²) in [5.74, 6) is 0.875. The zero-order valence-corrected chi connectivity index (χ0v) is 13.2. The average Bonchev–Trinajstić information content (AvgIpc) is 2.48. The van der Waals surface area contributed by atoms with Crippen LogP contribution >= 0.6 is 0 Å². The number of aromatic nitrogens is 2. The van der Waals surface area contributed by atoms with Gasteiger partial charge in [0.25, 0.3) is 0 Å². The topological polar surface area (TPSA) is 61.4 Å². The number of anilines is 1. The standard InChI is InChI=1S/C15H25N5O/c1-4-15(2,3)18-13(21)12-19-8-10-20(11-9-19)14-16-6-5-7-17-14/h5-7H,4,8-12H2,1-3H3,(H,18,21). The quantitative estimate of drug-likeness (QED) is 0.873. The first kappa shape index (κ1) is 15.7. The second-order valence-electron chi connectivity index (χ2n) is 6.10. The van der Waals surface area contributed by atoms with Crippen LogP contribution in [0.15, 0.2) is 18.5 Å². The van der Waals surface area contributed by atoms with Crippen LogP contribution in [0.2, 0.25) is 0 Å². The minimum atomic E-state index is -0.128. The lowest BCUT2D eigenvalue weighted by molar-refractivity contribution is -0.123. The van der Waals surface area contributed by atoms with Gasteiger partial charge in [0.2, 0.25) is 11.9 Å². The second-order valence-corrected chi connectivity index (χ2v) is 6.10. The van der Waals surface area contributed by atoms with Gasteiger partial charge in [-0.2, -0.15) is 0 Å². The van der Waals surface area contributed by atoms with E-state index < -0.39 is 0 Å². The maximum absolute atomic E-state index is 12.0. The highest BCUT2D eigenvalue weighted by molar-refractivity contribution is 5.78. The first-order valence-corrected chi connectivity index (χ1v) is 7.55. The van der Waals surface area contributed by atoms with Crippen LogP contribution < -0.4 is 10.2 Å². The fourth-order valence-electron chi connectivity index (χ4n) is 2.27. The Morgan fingerprint density at radius 2 is 1.86 bits per heavy atom. The molecule has 6 nitrogen and oxygen atoms in total. The molecule has 2 rings (SSSR count). The molecule has 1 fully saturated rings. The highest BCUT2D eigenvalue weighted by atomic mass is 16.2. The van der Waals surface area contributed by atoms with Crippen molar-refractivity contribution in [1.82, 2.24) is 20.2 Å². The summed E-state index contributed by atoms with van der Waals surface area (Å²) in [6.07, 6.45) is 4.45. The predicted octanol–water partition coefficient (Wildman–Crippen LogP) is 0.903. The number of rotatable bonds is 5. The van der Waals surface area contributed by atoms with Crippen LogP contribution in [0.5, 0.6) is 0 Å². The van der Waals surface area contributed by atoms with Gasteiger partial charge in [0, 0.05) is 44.1 Å². The van der Waals surface area contributed by atoms with E-state index in [1.807, 2.05) is 6.07 Å². The summed E-state index contributed by atoms with van der Waals surface area (Å²) < 4.78 is 0. The molecule has 6 heteroatoms. The highest BCUT2D eigenvalue weighted by Crippen LogP contribution is 2.10. The molecule has 21 heavy (non-hydrogen) atoms. The molecule has 1 saturated heterocycles. The smallest absolute Gasteiger partial charge is 0.234 e. The van der Waals surface area contributed by atoms with Crippen molar-refractivity contribution in [3.8, 4) is 0 Å². The molecule has 0 saturated carbocycles. The van der Waals surface area contributed by atoms with Crippen LogP contribution in [0.3, 0.4) is 0 Å². The highest BCUT2D eigenvalue weighted by Gasteiger charge is 2.23. The summed E-state index contributed by atoms with van der Waals surface area (Å²) in [4.78, 5) is 24.9. The predicted molar refractivity (Wildman–Crippen MR) is 83.2 cm³/mol. The third kappa shape index (κ3) is 4.67. The van der Waals surface area contributed by atoms with Gasteiger partial charge in [-0.15, -0.1) is 0 Å². The van der Waals surface area contributed by atoms with Crippen LogP contribution in [-0.2, 0) is 4.79 Å². The van der Waals surface area contributed by atoms with E-state index in [1.165, 1.54) is 0 Å². The fraction of sp³-hybridized carbons (Fsp3) is 0.667. The van der Waals surface area contributed by atoms with Crippen molar-refractivity contribution in [2.75, 3.05) is 37.6 Å². The van der Waals surface area contributed by atoms with Gasteiger partial charge < -0.3 is 10.2 Å². The van der Waals surface area contributed by atoms with Crippen molar-refractivity contribution < 1.29 is 4.79 Å². The number of nitrogens with zero attached hydrogens (tertiary/aromatic N) is 4. The van der Waals surface area contributed by atoms with E-state index in [9.17, 15) is 4.79 Å². The lowest BCUT2D eigenvalue weighted by atomic mass is 10.0. The summed E-state index contributed by atoms with van der Waals surface area (Å²) in [5.41, 5.74) is -0.128. The molecular weight excluding hydrogens is 266 g/mol. The van der Waals surface area contributed by atoms with Crippen LogP contribution in [0.25, 0.3) is 0 Å². The van der Waals surface area contributed by atoms with Gasteiger partial charge in [0.05, 0.1) is 6.54 Å². The van der Waals surface area contributed by atoms with Crippen LogP contribution in [-0.4, -0.2) is 59.0 Å². The molecule has 0 aliphatic carbocycles. The van der Waals surface area contributed by atoms with E-state index in [0.29, 0.717) is 6.54 Å². The molecule has 0 bridgehead atoms. The van der Waals surface area contributed by atoms with Crippen molar-refractivity contribution in [2.24, 2.45) is 0 Å². The Morgan fingerprint density at radius 3 is 2.43 bits per heavy atom. The summed E-state index contributed by atoms with van der Waals surface area (Å²) in [7, 11) is 0. The molecule has 116 valence electrons. The molecule has 0 unspecified atom stereocenters. The molecule has 2 heterocycles. The number of carbonyl (C=O) groups is 1. The maximum atomic E-state index is 12.0. The largest absolute Gasteiger partial charge is 0.350 e. The summed E-state index contributed by atoms with van der Waals surface area (Å²) in [6, 6.07) is 1.82. The van der Waals surface area contributed by atoms with E-state index in [4.69, 9.17) is 0 Å². The summed E-state index contributed by atoms with van der Waals surface area (Å²) in [6.45, 7) is 10.1. The van der Waals surface area contributed by atoms with E-state index in [2.05, 4.69) is 45.9 Å². The monoisotopic (exact) mass is 291 g/mol.